The minimum absolute atomic E-state index is 0.126. The molecule has 1 aliphatic rings. The molecular weight excluding hydrogens is 302 g/mol. The number of aliphatic imine (C=N–C) groups is 1. The number of rotatable bonds is 6. The molecule has 0 heterocycles. The van der Waals surface area contributed by atoms with Crippen LogP contribution in [0.2, 0.25) is 0 Å². The average molecular weight is 333 g/mol. The van der Waals surface area contributed by atoms with E-state index < -0.39 is 0 Å². The minimum Gasteiger partial charge on any atom is -0.496 e. The Kier molecular flexibility index (Phi) is 7.37. The predicted octanol–water partition coefficient (Wildman–Crippen LogP) is 2.40. The summed E-state index contributed by atoms with van der Waals surface area (Å²) in [4.78, 5) is 4.69. The first kappa shape index (κ1) is 18.6. The van der Waals surface area contributed by atoms with Crippen LogP contribution in [0.5, 0.6) is 5.75 Å². The molecule has 1 aliphatic carbocycles. The first-order chi connectivity index (χ1) is 11.6. The van der Waals surface area contributed by atoms with Gasteiger partial charge in [0.2, 0.25) is 0 Å². The van der Waals surface area contributed by atoms with Gasteiger partial charge >= 0.3 is 0 Å². The van der Waals surface area contributed by atoms with Crippen LogP contribution in [-0.2, 0) is 6.42 Å². The highest BCUT2D eigenvalue weighted by Crippen LogP contribution is 2.19. The number of nitrogens with one attached hydrogen (secondary N) is 2. The summed E-state index contributed by atoms with van der Waals surface area (Å²) < 4.78 is 5.38. The smallest absolute Gasteiger partial charge is 0.191 e. The lowest BCUT2D eigenvalue weighted by Gasteiger charge is -2.27. The van der Waals surface area contributed by atoms with Crippen LogP contribution in [0.3, 0.4) is 0 Å². The van der Waals surface area contributed by atoms with Crippen molar-refractivity contribution in [3.8, 4) is 5.75 Å². The zero-order valence-electron chi connectivity index (χ0n) is 15.1. The third kappa shape index (κ3) is 5.71. The van der Waals surface area contributed by atoms with Gasteiger partial charge < -0.3 is 20.5 Å². The molecule has 5 heteroatoms. The summed E-state index contributed by atoms with van der Waals surface area (Å²) in [6, 6.07) is 6.73. The zero-order chi connectivity index (χ0) is 17.4. The van der Waals surface area contributed by atoms with Crippen LogP contribution in [0.25, 0.3) is 0 Å². The topological polar surface area (TPSA) is 65.9 Å². The van der Waals surface area contributed by atoms with Gasteiger partial charge in [0.05, 0.1) is 13.2 Å². The molecule has 1 fully saturated rings. The highest BCUT2D eigenvalue weighted by atomic mass is 16.5. The Morgan fingerprint density at radius 3 is 2.71 bits per heavy atom. The molecule has 1 aromatic rings. The molecule has 0 aliphatic heterocycles. The first-order valence-corrected chi connectivity index (χ1v) is 8.98. The maximum atomic E-state index is 9.61. The summed E-state index contributed by atoms with van der Waals surface area (Å²) in [5.74, 6) is 1.81. The first-order valence-electron chi connectivity index (χ1n) is 8.98. The molecule has 24 heavy (non-hydrogen) atoms. The van der Waals surface area contributed by atoms with Gasteiger partial charge in [-0.2, -0.15) is 0 Å². The molecule has 0 aromatic heterocycles. The molecule has 0 bridgehead atoms. The summed E-state index contributed by atoms with van der Waals surface area (Å²) >= 11 is 0. The van der Waals surface area contributed by atoms with Gasteiger partial charge in [-0.05, 0) is 63.1 Å². The van der Waals surface area contributed by atoms with E-state index in [4.69, 9.17) is 9.73 Å². The number of aryl methyl sites for hydroxylation is 1. The van der Waals surface area contributed by atoms with Gasteiger partial charge in [0.1, 0.15) is 5.75 Å². The summed E-state index contributed by atoms with van der Waals surface area (Å²) in [5.41, 5.74) is 2.39. The van der Waals surface area contributed by atoms with Crippen molar-refractivity contribution in [2.24, 2.45) is 4.99 Å². The van der Waals surface area contributed by atoms with Gasteiger partial charge in [-0.1, -0.05) is 12.1 Å². The lowest BCUT2D eigenvalue weighted by Crippen LogP contribution is -2.45. The third-order valence-electron chi connectivity index (χ3n) is 4.52. The molecule has 0 unspecified atom stereocenters. The van der Waals surface area contributed by atoms with E-state index in [1.807, 2.05) is 0 Å². The third-order valence-corrected chi connectivity index (χ3v) is 4.52. The van der Waals surface area contributed by atoms with Crippen LogP contribution in [-0.4, -0.2) is 43.4 Å². The molecule has 0 spiro atoms. The van der Waals surface area contributed by atoms with E-state index in [2.05, 4.69) is 42.7 Å². The zero-order valence-corrected chi connectivity index (χ0v) is 15.1. The standard InChI is InChI=1S/C19H31N3O2/c1-4-20-19(22-16-7-9-17(23)10-8-16)21-12-11-15-6-5-14(2)18(13-15)24-3/h5-6,13,16-17,23H,4,7-12H2,1-3H3,(H2,20,21,22). The van der Waals surface area contributed by atoms with E-state index in [9.17, 15) is 5.11 Å². The Bertz CT molecular complexity index is 537. The van der Waals surface area contributed by atoms with E-state index in [0.717, 1.165) is 62.5 Å². The fourth-order valence-corrected chi connectivity index (χ4v) is 3.05. The number of guanidine groups is 1. The largest absolute Gasteiger partial charge is 0.496 e. The molecule has 3 N–H and O–H groups in total. The molecule has 0 amide bonds. The number of methoxy groups -OCH3 is 1. The van der Waals surface area contributed by atoms with Crippen molar-refractivity contribution in [2.45, 2.75) is 58.1 Å². The monoisotopic (exact) mass is 333 g/mol. The van der Waals surface area contributed by atoms with Crippen molar-refractivity contribution in [3.05, 3.63) is 29.3 Å². The van der Waals surface area contributed by atoms with E-state index in [1.165, 1.54) is 5.56 Å². The van der Waals surface area contributed by atoms with Crippen LogP contribution >= 0.6 is 0 Å². The highest BCUT2D eigenvalue weighted by molar-refractivity contribution is 5.80. The number of aliphatic hydroxyl groups is 1. The summed E-state index contributed by atoms with van der Waals surface area (Å²) in [5, 5.41) is 16.4. The number of hydrogen-bond donors (Lipinski definition) is 3. The van der Waals surface area contributed by atoms with Gasteiger partial charge in [-0.3, -0.25) is 4.99 Å². The molecule has 134 valence electrons. The molecule has 0 atom stereocenters. The normalized spacial score (nSPS) is 21.4. The number of benzene rings is 1. The Labute approximate surface area is 145 Å². The van der Waals surface area contributed by atoms with E-state index >= 15 is 0 Å². The molecule has 5 nitrogen and oxygen atoms in total. The lowest BCUT2D eigenvalue weighted by atomic mass is 9.93. The highest BCUT2D eigenvalue weighted by Gasteiger charge is 2.19. The van der Waals surface area contributed by atoms with Crippen LogP contribution < -0.4 is 15.4 Å². The van der Waals surface area contributed by atoms with Gasteiger partial charge in [-0.15, -0.1) is 0 Å². The van der Waals surface area contributed by atoms with Crippen molar-refractivity contribution in [1.29, 1.82) is 0 Å². The van der Waals surface area contributed by atoms with Gasteiger partial charge in [-0.25, -0.2) is 0 Å². The van der Waals surface area contributed by atoms with Gasteiger partial charge in [0.25, 0.3) is 0 Å². The maximum Gasteiger partial charge on any atom is 0.191 e. The Balaban J connectivity index is 1.88. The SMILES string of the molecule is CCNC(=NCCc1ccc(C)c(OC)c1)NC1CCC(O)CC1. The van der Waals surface area contributed by atoms with Crippen molar-refractivity contribution >= 4 is 5.96 Å². The fourth-order valence-electron chi connectivity index (χ4n) is 3.05. The second kappa shape index (κ2) is 9.52. The Hall–Kier alpha value is -1.75. The second-order valence-corrected chi connectivity index (χ2v) is 6.46. The Morgan fingerprint density at radius 2 is 2.04 bits per heavy atom. The molecular formula is C19H31N3O2. The van der Waals surface area contributed by atoms with E-state index in [-0.39, 0.29) is 6.10 Å². The number of hydrogen-bond acceptors (Lipinski definition) is 3. The lowest BCUT2D eigenvalue weighted by molar-refractivity contribution is 0.120. The van der Waals surface area contributed by atoms with Gasteiger partial charge in [0.15, 0.2) is 5.96 Å². The van der Waals surface area contributed by atoms with Crippen LogP contribution in [0, 0.1) is 6.92 Å². The Morgan fingerprint density at radius 1 is 1.29 bits per heavy atom. The van der Waals surface area contributed by atoms with Gasteiger partial charge in [0, 0.05) is 19.1 Å². The van der Waals surface area contributed by atoms with Crippen LogP contribution in [0.4, 0.5) is 0 Å². The molecule has 1 saturated carbocycles. The maximum absolute atomic E-state index is 9.61. The predicted molar refractivity (Wildman–Crippen MR) is 98.8 cm³/mol. The fraction of sp³-hybridized carbons (Fsp3) is 0.632. The summed E-state index contributed by atoms with van der Waals surface area (Å²) in [6.45, 7) is 5.71. The van der Waals surface area contributed by atoms with Crippen molar-refractivity contribution < 1.29 is 9.84 Å². The summed E-state index contributed by atoms with van der Waals surface area (Å²) in [6.07, 6.45) is 4.51. The molecule has 2 rings (SSSR count). The molecule has 0 saturated heterocycles. The van der Waals surface area contributed by atoms with E-state index in [0.29, 0.717) is 6.04 Å². The summed E-state index contributed by atoms with van der Waals surface area (Å²) in [7, 11) is 1.71. The molecule has 0 radical (unpaired) electrons. The number of ether oxygens (including phenoxy) is 1. The average Bonchev–Trinajstić information content (AvgIpc) is 2.58. The van der Waals surface area contributed by atoms with Crippen molar-refractivity contribution in [3.63, 3.8) is 0 Å². The van der Waals surface area contributed by atoms with Crippen molar-refractivity contribution in [1.82, 2.24) is 10.6 Å². The number of nitrogens with zero attached hydrogens (tertiary/aromatic N) is 1. The van der Waals surface area contributed by atoms with Crippen LogP contribution in [0.15, 0.2) is 23.2 Å². The minimum atomic E-state index is -0.126. The quantitative estimate of drug-likeness (QED) is 0.552. The second-order valence-electron chi connectivity index (χ2n) is 6.46. The molecule has 1 aromatic carbocycles. The number of aliphatic hydroxyl groups excluding tert-OH is 1. The van der Waals surface area contributed by atoms with Crippen molar-refractivity contribution in [2.75, 3.05) is 20.2 Å². The van der Waals surface area contributed by atoms with Crippen LogP contribution in [0.1, 0.15) is 43.7 Å². The van der Waals surface area contributed by atoms with E-state index in [1.54, 1.807) is 7.11 Å².